The number of carboxylic acid groups (broad SMARTS) is 2. The molecule has 9 heteroatoms. The second-order valence-electron chi connectivity index (χ2n) is 8.16. The van der Waals surface area contributed by atoms with Gasteiger partial charge in [0.05, 0.1) is 21.9 Å². The number of hydrogen-bond donors (Lipinski definition) is 4. The lowest BCUT2D eigenvalue weighted by molar-refractivity contribution is -0.115. The number of amides is 2. The van der Waals surface area contributed by atoms with E-state index < -0.39 is 28.7 Å². The SMILES string of the molecule is CC(Sc1ccc(NC(=O)c2ccc(C(=O)O)cc2C(=O)O)cc1)C(=O)Nc1ccc2ccccc2c1. The molecule has 0 saturated heterocycles. The molecule has 0 bridgehead atoms. The molecule has 0 aliphatic carbocycles. The largest absolute Gasteiger partial charge is 0.478 e. The van der Waals surface area contributed by atoms with Crippen molar-refractivity contribution in [1.29, 1.82) is 0 Å². The van der Waals surface area contributed by atoms with Gasteiger partial charge in [-0.1, -0.05) is 30.3 Å². The average molecular weight is 515 g/mol. The molecule has 0 saturated carbocycles. The number of rotatable bonds is 8. The van der Waals surface area contributed by atoms with E-state index in [4.69, 9.17) is 5.11 Å². The van der Waals surface area contributed by atoms with Crippen molar-refractivity contribution in [2.45, 2.75) is 17.1 Å². The molecule has 4 rings (SSSR count). The zero-order valence-corrected chi connectivity index (χ0v) is 20.4. The van der Waals surface area contributed by atoms with E-state index in [0.717, 1.165) is 21.7 Å². The van der Waals surface area contributed by atoms with Gasteiger partial charge in [0.25, 0.3) is 5.91 Å². The summed E-state index contributed by atoms with van der Waals surface area (Å²) < 4.78 is 0. The Kier molecular flexibility index (Phi) is 7.55. The lowest BCUT2D eigenvalue weighted by atomic mass is 10.0. The van der Waals surface area contributed by atoms with Crippen molar-refractivity contribution < 1.29 is 29.4 Å². The van der Waals surface area contributed by atoms with E-state index in [-0.39, 0.29) is 17.0 Å². The summed E-state index contributed by atoms with van der Waals surface area (Å²) in [5, 5.41) is 25.7. The molecule has 4 aromatic rings. The molecule has 0 fully saturated rings. The summed E-state index contributed by atoms with van der Waals surface area (Å²) in [6.45, 7) is 1.80. The Morgan fingerprint density at radius 3 is 2.05 bits per heavy atom. The van der Waals surface area contributed by atoms with Crippen LogP contribution in [0.25, 0.3) is 10.8 Å². The quantitative estimate of drug-likeness (QED) is 0.225. The lowest BCUT2D eigenvalue weighted by Gasteiger charge is -2.13. The van der Waals surface area contributed by atoms with Crippen LogP contribution in [-0.4, -0.2) is 39.2 Å². The van der Waals surface area contributed by atoms with Crippen LogP contribution in [0.4, 0.5) is 11.4 Å². The molecule has 0 radical (unpaired) electrons. The molecule has 186 valence electrons. The van der Waals surface area contributed by atoms with Gasteiger partial charge in [0, 0.05) is 16.3 Å². The van der Waals surface area contributed by atoms with Gasteiger partial charge in [-0.3, -0.25) is 9.59 Å². The average Bonchev–Trinajstić information content (AvgIpc) is 2.89. The fraction of sp³-hybridized carbons (Fsp3) is 0.0714. The summed E-state index contributed by atoms with van der Waals surface area (Å²) in [4.78, 5) is 48.8. The molecule has 0 aromatic heterocycles. The number of anilines is 2. The van der Waals surface area contributed by atoms with Crippen molar-refractivity contribution >= 4 is 57.7 Å². The molecule has 2 amide bonds. The van der Waals surface area contributed by atoms with Crippen LogP contribution >= 0.6 is 11.8 Å². The maximum Gasteiger partial charge on any atom is 0.336 e. The monoisotopic (exact) mass is 514 g/mol. The third-order valence-electron chi connectivity index (χ3n) is 5.55. The van der Waals surface area contributed by atoms with Crippen LogP contribution in [0.1, 0.15) is 38.0 Å². The van der Waals surface area contributed by atoms with Gasteiger partial charge < -0.3 is 20.8 Å². The highest BCUT2D eigenvalue weighted by atomic mass is 32.2. The molecular weight excluding hydrogens is 492 g/mol. The predicted octanol–water partition coefficient (Wildman–Crippen LogP) is 5.61. The molecule has 1 unspecified atom stereocenters. The smallest absolute Gasteiger partial charge is 0.336 e. The first-order chi connectivity index (χ1) is 17.7. The summed E-state index contributed by atoms with van der Waals surface area (Å²) in [6, 6.07) is 23.7. The van der Waals surface area contributed by atoms with Crippen LogP contribution in [-0.2, 0) is 4.79 Å². The van der Waals surface area contributed by atoms with E-state index >= 15 is 0 Å². The van der Waals surface area contributed by atoms with Crippen molar-refractivity contribution in [1.82, 2.24) is 0 Å². The first kappa shape index (κ1) is 25.5. The number of benzene rings is 4. The number of carbonyl (C=O) groups is 4. The van der Waals surface area contributed by atoms with Crippen LogP contribution in [0.15, 0.2) is 89.8 Å². The molecular formula is C28H22N2O6S. The first-order valence-corrected chi connectivity index (χ1v) is 12.1. The third kappa shape index (κ3) is 6.14. The Bertz CT molecular complexity index is 1520. The van der Waals surface area contributed by atoms with Gasteiger partial charge in [0.15, 0.2) is 0 Å². The number of hydrogen-bond acceptors (Lipinski definition) is 5. The number of thioether (sulfide) groups is 1. The third-order valence-corrected chi connectivity index (χ3v) is 6.66. The molecule has 1 atom stereocenters. The zero-order chi connectivity index (χ0) is 26.5. The van der Waals surface area contributed by atoms with E-state index in [1.165, 1.54) is 23.9 Å². The van der Waals surface area contributed by atoms with Gasteiger partial charge in [-0.25, -0.2) is 9.59 Å². The Hall–Kier alpha value is -4.63. The first-order valence-electron chi connectivity index (χ1n) is 11.2. The Labute approximate surface area is 216 Å². The number of carbonyl (C=O) groups excluding carboxylic acids is 2. The van der Waals surface area contributed by atoms with E-state index in [1.807, 2.05) is 42.5 Å². The zero-order valence-electron chi connectivity index (χ0n) is 19.6. The molecule has 0 spiro atoms. The van der Waals surface area contributed by atoms with Gasteiger partial charge in [-0.2, -0.15) is 0 Å². The second-order valence-corrected chi connectivity index (χ2v) is 9.57. The molecule has 0 aliphatic heterocycles. The molecule has 0 aliphatic rings. The minimum atomic E-state index is -1.41. The molecule has 8 nitrogen and oxygen atoms in total. The van der Waals surface area contributed by atoms with Crippen LogP contribution < -0.4 is 10.6 Å². The molecule has 4 N–H and O–H groups in total. The van der Waals surface area contributed by atoms with E-state index in [0.29, 0.717) is 11.4 Å². The normalized spacial score (nSPS) is 11.5. The number of nitrogens with one attached hydrogen (secondary N) is 2. The number of aromatic carboxylic acids is 2. The predicted molar refractivity (Wildman–Crippen MR) is 143 cm³/mol. The van der Waals surface area contributed by atoms with Gasteiger partial charge in [-0.15, -0.1) is 11.8 Å². The van der Waals surface area contributed by atoms with E-state index in [1.54, 1.807) is 31.2 Å². The summed E-state index contributed by atoms with van der Waals surface area (Å²) in [6.07, 6.45) is 0. The fourth-order valence-corrected chi connectivity index (χ4v) is 4.50. The number of fused-ring (bicyclic) bond motifs is 1. The Morgan fingerprint density at radius 1 is 0.703 bits per heavy atom. The van der Waals surface area contributed by atoms with E-state index in [9.17, 15) is 24.3 Å². The van der Waals surface area contributed by atoms with Crippen molar-refractivity contribution in [3.63, 3.8) is 0 Å². The van der Waals surface area contributed by atoms with Crippen LogP contribution in [0.5, 0.6) is 0 Å². The van der Waals surface area contributed by atoms with Crippen molar-refractivity contribution in [2.75, 3.05) is 10.6 Å². The van der Waals surface area contributed by atoms with Crippen molar-refractivity contribution in [2.24, 2.45) is 0 Å². The number of carboxylic acids is 2. The second kappa shape index (κ2) is 11.0. The van der Waals surface area contributed by atoms with Crippen molar-refractivity contribution in [3.05, 3.63) is 102 Å². The minimum Gasteiger partial charge on any atom is -0.478 e. The van der Waals surface area contributed by atoms with Crippen LogP contribution in [0, 0.1) is 0 Å². The standard InChI is InChI=1S/C28H22N2O6S/c1-16(25(31)30-21-8-6-17-4-2-3-5-18(17)14-21)37-22-11-9-20(10-12-22)29-26(32)23-13-7-19(27(33)34)15-24(23)28(35)36/h2-16H,1H3,(H,29,32)(H,30,31)(H,33,34)(H,35,36). The maximum atomic E-state index is 12.7. The van der Waals surface area contributed by atoms with Gasteiger partial charge >= 0.3 is 11.9 Å². The van der Waals surface area contributed by atoms with Crippen molar-refractivity contribution in [3.8, 4) is 0 Å². The summed E-state index contributed by atoms with van der Waals surface area (Å²) in [7, 11) is 0. The Morgan fingerprint density at radius 2 is 1.38 bits per heavy atom. The van der Waals surface area contributed by atoms with Gasteiger partial charge in [0.1, 0.15) is 0 Å². The van der Waals surface area contributed by atoms with Crippen LogP contribution in [0.3, 0.4) is 0 Å². The lowest BCUT2D eigenvalue weighted by Crippen LogP contribution is -2.22. The molecule has 4 aromatic carbocycles. The Balaban J connectivity index is 1.38. The minimum absolute atomic E-state index is 0.149. The summed E-state index contributed by atoms with van der Waals surface area (Å²) >= 11 is 1.35. The fourth-order valence-electron chi connectivity index (χ4n) is 3.64. The highest BCUT2D eigenvalue weighted by Gasteiger charge is 2.20. The summed E-state index contributed by atoms with van der Waals surface area (Å²) in [5.74, 6) is -3.53. The topological polar surface area (TPSA) is 133 Å². The van der Waals surface area contributed by atoms with Crippen LogP contribution in [0.2, 0.25) is 0 Å². The van der Waals surface area contributed by atoms with E-state index in [2.05, 4.69) is 10.6 Å². The highest BCUT2D eigenvalue weighted by Crippen LogP contribution is 2.27. The van der Waals surface area contributed by atoms with Gasteiger partial charge in [0.2, 0.25) is 5.91 Å². The summed E-state index contributed by atoms with van der Waals surface area (Å²) in [5.41, 5.74) is 0.340. The van der Waals surface area contributed by atoms with Gasteiger partial charge in [-0.05, 0) is 72.3 Å². The highest BCUT2D eigenvalue weighted by molar-refractivity contribution is 8.00. The maximum absolute atomic E-state index is 12.7. The molecule has 0 heterocycles. The molecule has 37 heavy (non-hydrogen) atoms.